The molecule has 0 aromatic heterocycles. The molecule has 0 bridgehead atoms. The SMILES string of the molecule is CCOC(=O)CN1C(=S)N(c2ccccc2)[C@@H]2CS(=O)(=O)C[C@@H]21. The summed E-state index contributed by atoms with van der Waals surface area (Å²) in [5.41, 5.74) is 0.843. The lowest BCUT2D eigenvalue weighted by Crippen LogP contribution is -2.41. The minimum absolute atomic E-state index is 0.0144. The fourth-order valence-corrected chi connectivity index (χ4v) is 5.59. The minimum Gasteiger partial charge on any atom is -0.465 e. The molecule has 124 valence electrons. The Morgan fingerprint density at radius 3 is 2.57 bits per heavy atom. The predicted octanol–water partition coefficient (Wildman–Crippen LogP) is 0.822. The molecule has 0 saturated carbocycles. The second-order valence-electron chi connectivity index (χ2n) is 5.63. The van der Waals surface area contributed by atoms with Crippen LogP contribution in [-0.4, -0.2) is 61.1 Å². The molecule has 8 heteroatoms. The number of benzene rings is 1. The van der Waals surface area contributed by atoms with E-state index in [1.165, 1.54) is 0 Å². The zero-order chi connectivity index (χ0) is 16.6. The van der Waals surface area contributed by atoms with Crippen LogP contribution in [-0.2, 0) is 19.4 Å². The number of ether oxygens (including phenoxy) is 1. The number of para-hydroxylation sites is 1. The standard InChI is InChI=1S/C15H18N2O4S2/c1-2-21-14(18)8-16-12-9-23(19,20)10-13(12)17(15(16)22)11-6-4-3-5-7-11/h3-7,12-13H,2,8-10H2,1H3/t12-,13+/m0/s1. The molecule has 6 nitrogen and oxygen atoms in total. The van der Waals surface area contributed by atoms with Gasteiger partial charge in [0.15, 0.2) is 14.9 Å². The molecular weight excluding hydrogens is 336 g/mol. The summed E-state index contributed by atoms with van der Waals surface area (Å²) < 4.78 is 29.1. The van der Waals surface area contributed by atoms with E-state index in [0.717, 1.165) is 5.69 Å². The van der Waals surface area contributed by atoms with E-state index in [2.05, 4.69) is 0 Å². The summed E-state index contributed by atoms with van der Waals surface area (Å²) in [5.74, 6) is -0.333. The first-order valence-electron chi connectivity index (χ1n) is 7.44. The van der Waals surface area contributed by atoms with Gasteiger partial charge in [0.25, 0.3) is 0 Å². The van der Waals surface area contributed by atoms with E-state index in [4.69, 9.17) is 17.0 Å². The van der Waals surface area contributed by atoms with Crippen LogP contribution in [0.4, 0.5) is 5.69 Å². The molecule has 0 aliphatic carbocycles. The second kappa shape index (κ2) is 6.09. The number of carbonyl (C=O) groups excluding carboxylic acids is 1. The van der Waals surface area contributed by atoms with Gasteiger partial charge in [-0.25, -0.2) is 8.42 Å². The number of fused-ring (bicyclic) bond motifs is 1. The van der Waals surface area contributed by atoms with Crippen molar-refractivity contribution < 1.29 is 17.9 Å². The van der Waals surface area contributed by atoms with Crippen molar-refractivity contribution in [2.75, 3.05) is 29.6 Å². The highest BCUT2D eigenvalue weighted by Gasteiger charge is 2.52. The normalized spacial score (nSPS) is 25.5. The molecule has 2 fully saturated rings. The maximum absolute atomic E-state index is 12.1. The first kappa shape index (κ1) is 16.2. The van der Waals surface area contributed by atoms with Gasteiger partial charge in [0.2, 0.25) is 0 Å². The van der Waals surface area contributed by atoms with Crippen molar-refractivity contribution in [1.29, 1.82) is 0 Å². The molecule has 3 rings (SSSR count). The molecular formula is C15H18N2O4S2. The van der Waals surface area contributed by atoms with Crippen LogP contribution in [0.2, 0.25) is 0 Å². The van der Waals surface area contributed by atoms with Gasteiger partial charge >= 0.3 is 5.97 Å². The minimum atomic E-state index is -3.15. The van der Waals surface area contributed by atoms with E-state index in [1.807, 2.05) is 35.2 Å². The molecule has 2 aliphatic heterocycles. The Kier molecular flexibility index (Phi) is 4.29. The summed E-state index contributed by atoms with van der Waals surface area (Å²) in [6.45, 7) is 2.00. The highest BCUT2D eigenvalue weighted by atomic mass is 32.2. The highest BCUT2D eigenvalue weighted by molar-refractivity contribution is 7.91. The number of esters is 1. The molecule has 23 heavy (non-hydrogen) atoms. The van der Waals surface area contributed by atoms with Crippen LogP contribution in [0.15, 0.2) is 30.3 Å². The van der Waals surface area contributed by atoms with Crippen molar-refractivity contribution in [3.63, 3.8) is 0 Å². The van der Waals surface area contributed by atoms with E-state index in [1.54, 1.807) is 11.8 Å². The van der Waals surface area contributed by atoms with Crippen molar-refractivity contribution in [3.8, 4) is 0 Å². The van der Waals surface area contributed by atoms with Gasteiger partial charge in [0, 0.05) is 5.69 Å². The molecule has 1 aromatic rings. The zero-order valence-electron chi connectivity index (χ0n) is 12.7. The summed E-state index contributed by atoms with van der Waals surface area (Å²) in [6.07, 6.45) is 0. The molecule has 0 spiro atoms. The van der Waals surface area contributed by atoms with Gasteiger partial charge in [-0.05, 0) is 31.3 Å². The van der Waals surface area contributed by atoms with Crippen molar-refractivity contribution in [3.05, 3.63) is 30.3 Å². The molecule has 0 amide bonds. The lowest BCUT2D eigenvalue weighted by molar-refractivity contribution is -0.143. The lowest BCUT2D eigenvalue weighted by Gasteiger charge is -2.25. The molecule has 2 atom stereocenters. The van der Waals surface area contributed by atoms with Gasteiger partial charge in [0.1, 0.15) is 6.54 Å². The molecule has 2 aliphatic rings. The summed E-state index contributed by atoms with van der Waals surface area (Å²) in [7, 11) is -3.15. The monoisotopic (exact) mass is 354 g/mol. The van der Waals surface area contributed by atoms with Gasteiger partial charge in [-0.15, -0.1) is 0 Å². The van der Waals surface area contributed by atoms with Crippen molar-refractivity contribution >= 4 is 38.8 Å². The van der Waals surface area contributed by atoms with E-state index in [-0.39, 0.29) is 36.7 Å². The third-order valence-electron chi connectivity index (χ3n) is 4.12. The van der Waals surface area contributed by atoms with E-state index in [9.17, 15) is 13.2 Å². The van der Waals surface area contributed by atoms with E-state index in [0.29, 0.717) is 5.11 Å². The van der Waals surface area contributed by atoms with Gasteiger partial charge in [-0.1, -0.05) is 18.2 Å². The zero-order valence-corrected chi connectivity index (χ0v) is 14.3. The molecule has 2 heterocycles. The number of carbonyl (C=O) groups is 1. The number of thiocarbonyl (C=S) groups is 1. The lowest BCUT2D eigenvalue weighted by atomic mass is 10.1. The third-order valence-corrected chi connectivity index (χ3v) is 6.25. The van der Waals surface area contributed by atoms with Crippen LogP contribution < -0.4 is 4.90 Å². The Morgan fingerprint density at radius 1 is 1.26 bits per heavy atom. The van der Waals surface area contributed by atoms with Crippen LogP contribution in [0, 0.1) is 0 Å². The topological polar surface area (TPSA) is 66.9 Å². The molecule has 0 radical (unpaired) electrons. The molecule has 0 unspecified atom stereocenters. The quantitative estimate of drug-likeness (QED) is 0.586. The third kappa shape index (κ3) is 3.05. The Balaban J connectivity index is 1.93. The second-order valence-corrected chi connectivity index (χ2v) is 8.15. The van der Waals surface area contributed by atoms with Crippen LogP contribution in [0.5, 0.6) is 0 Å². The van der Waals surface area contributed by atoms with Crippen LogP contribution in [0.3, 0.4) is 0 Å². The highest BCUT2D eigenvalue weighted by Crippen LogP contribution is 2.34. The smallest absolute Gasteiger partial charge is 0.325 e. The average Bonchev–Trinajstić information content (AvgIpc) is 2.92. The summed E-state index contributed by atoms with van der Waals surface area (Å²) in [6, 6.07) is 8.86. The maximum atomic E-state index is 12.1. The van der Waals surface area contributed by atoms with E-state index >= 15 is 0 Å². The molecule has 2 saturated heterocycles. The first-order valence-corrected chi connectivity index (χ1v) is 9.67. The van der Waals surface area contributed by atoms with Crippen molar-refractivity contribution in [1.82, 2.24) is 4.90 Å². The van der Waals surface area contributed by atoms with Crippen molar-refractivity contribution in [2.45, 2.75) is 19.0 Å². The first-order chi connectivity index (χ1) is 10.9. The maximum Gasteiger partial charge on any atom is 0.325 e. The van der Waals surface area contributed by atoms with Gasteiger partial charge in [-0.3, -0.25) is 4.79 Å². The number of rotatable bonds is 4. The fourth-order valence-electron chi connectivity index (χ4n) is 3.20. The van der Waals surface area contributed by atoms with Gasteiger partial charge < -0.3 is 14.5 Å². The van der Waals surface area contributed by atoms with Gasteiger partial charge in [0.05, 0.1) is 30.2 Å². The van der Waals surface area contributed by atoms with Crippen LogP contribution >= 0.6 is 12.2 Å². The van der Waals surface area contributed by atoms with Crippen LogP contribution in [0.25, 0.3) is 0 Å². The summed E-state index contributed by atoms with van der Waals surface area (Å²) in [4.78, 5) is 15.4. The Morgan fingerprint density at radius 2 is 1.91 bits per heavy atom. The van der Waals surface area contributed by atoms with Crippen molar-refractivity contribution in [2.24, 2.45) is 0 Å². The fraction of sp³-hybridized carbons (Fsp3) is 0.467. The summed E-state index contributed by atoms with van der Waals surface area (Å²) >= 11 is 5.53. The Labute approximate surface area is 140 Å². The number of hydrogen-bond donors (Lipinski definition) is 0. The number of nitrogens with zero attached hydrogens (tertiary/aromatic N) is 2. The van der Waals surface area contributed by atoms with Crippen LogP contribution in [0.1, 0.15) is 6.92 Å². The Hall–Kier alpha value is -1.67. The summed E-state index contributed by atoms with van der Waals surface area (Å²) in [5, 5.41) is 0.481. The average molecular weight is 354 g/mol. The largest absolute Gasteiger partial charge is 0.465 e. The molecule has 1 aromatic carbocycles. The Bertz CT molecular complexity index is 720. The van der Waals surface area contributed by atoms with E-state index < -0.39 is 15.8 Å². The number of hydrogen-bond acceptors (Lipinski definition) is 5. The number of anilines is 1. The predicted molar refractivity (Wildman–Crippen MR) is 91.1 cm³/mol. The molecule has 0 N–H and O–H groups in total. The number of sulfone groups is 1. The van der Waals surface area contributed by atoms with Gasteiger partial charge in [-0.2, -0.15) is 0 Å².